The molecule has 6 bridgehead atoms. The number of aryl methyl sites for hydroxylation is 1. The molecule has 2 aromatic carbocycles. The summed E-state index contributed by atoms with van der Waals surface area (Å²) in [7, 11) is 4.59. The molecule has 354 valence electrons. The Morgan fingerprint density at radius 2 is 1.88 bits per heavy atom. The fraction of sp³-hybridized carbons (Fsp3) is 0.521. The van der Waals surface area contributed by atoms with Crippen LogP contribution in [0.25, 0.3) is 33.3 Å². The topological polar surface area (TPSA) is 221 Å². The molecule has 3 aliphatic heterocycles. The molecule has 0 spiro atoms. The van der Waals surface area contributed by atoms with Gasteiger partial charge in [-0.1, -0.05) is 39.8 Å². The summed E-state index contributed by atoms with van der Waals surface area (Å²) in [4.78, 5) is 83.3. The number of carbonyl (C=O) groups excluding carboxylic acids is 4. The fourth-order valence-electron chi connectivity index (χ4n) is 9.18. The second-order valence-electron chi connectivity index (χ2n) is 19.1. The first-order valence-corrected chi connectivity index (χ1v) is 22.6. The van der Waals surface area contributed by atoms with Crippen LogP contribution in [0.15, 0.2) is 54.9 Å². The average molecular weight is 911 g/mol. The first kappa shape index (κ1) is 48.0. The number of nitrogens with one attached hydrogen (secondary N) is 3. The number of methoxy groups -OCH3 is 1. The number of hydrogen-bond acceptors (Lipinski definition) is 12. The molecule has 1 unspecified atom stereocenters. The van der Waals surface area contributed by atoms with Crippen molar-refractivity contribution >= 4 is 34.5 Å². The van der Waals surface area contributed by atoms with Crippen molar-refractivity contribution in [1.82, 2.24) is 40.4 Å². The Morgan fingerprint density at radius 3 is 2.56 bits per heavy atom. The highest BCUT2D eigenvalue weighted by atomic mass is 16.8. The maximum Gasteiger partial charge on any atom is 0.326 e. The summed E-state index contributed by atoms with van der Waals surface area (Å²) in [6.45, 7) is 12.3. The quantitative estimate of drug-likeness (QED) is 0.136. The van der Waals surface area contributed by atoms with Crippen LogP contribution in [0.1, 0.15) is 71.1 Å². The Hall–Kier alpha value is -5.95. The van der Waals surface area contributed by atoms with Crippen molar-refractivity contribution in [3.8, 4) is 28.1 Å². The summed E-state index contributed by atoms with van der Waals surface area (Å²) in [5, 5.41) is 28.9. The van der Waals surface area contributed by atoms with Gasteiger partial charge in [0.15, 0.2) is 6.61 Å². The molecule has 2 aromatic heterocycles. The molecule has 5 atom stereocenters. The fourth-order valence-corrected chi connectivity index (χ4v) is 9.18. The molecule has 0 aliphatic carbocycles. The Balaban J connectivity index is 1.31. The molecule has 2 fully saturated rings. The maximum atomic E-state index is 14.7. The molecule has 0 saturated carbocycles. The summed E-state index contributed by atoms with van der Waals surface area (Å²) >= 11 is 0. The second-order valence-corrected chi connectivity index (χ2v) is 19.1. The van der Waals surface area contributed by atoms with E-state index in [0.29, 0.717) is 48.5 Å². The van der Waals surface area contributed by atoms with Gasteiger partial charge in [0.05, 0.1) is 23.8 Å². The van der Waals surface area contributed by atoms with Crippen LogP contribution in [0, 0.1) is 16.2 Å². The molecular weight excluding hydrogens is 847 g/mol. The van der Waals surface area contributed by atoms with E-state index in [4.69, 9.17) is 9.57 Å². The summed E-state index contributed by atoms with van der Waals surface area (Å²) in [6.07, 6.45) is 3.01. The van der Waals surface area contributed by atoms with Gasteiger partial charge in [-0.05, 0) is 90.8 Å². The molecule has 3 aliphatic rings. The first-order chi connectivity index (χ1) is 31.3. The molecule has 5 heterocycles. The van der Waals surface area contributed by atoms with Crippen LogP contribution < -0.4 is 16.1 Å². The number of aliphatic hydroxyl groups excluding tert-OH is 1. The first-order valence-electron chi connectivity index (χ1n) is 22.6. The van der Waals surface area contributed by atoms with Crippen LogP contribution in [0.5, 0.6) is 5.75 Å². The minimum Gasteiger partial charge on any atom is -0.508 e. The number of pyridine rings is 1. The van der Waals surface area contributed by atoms with E-state index in [1.54, 1.807) is 46.2 Å². The molecule has 5 N–H and O–H groups in total. The Bertz CT molecular complexity index is 2520. The minimum atomic E-state index is -1.51. The summed E-state index contributed by atoms with van der Waals surface area (Å²) in [6, 6.07) is 11.2. The van der Waals surface area contributed by atoms with E-state index < -0.39 is 65.0 Å². The lowest BCUT2D eigenvalue weighted by molar-refractivity contribution is -0.835. The third-order valence-corrected chi connectivity index (χ3v) is 13.5. The predicted octanol–water partition coefficient (Wildman–Crippen LogP) is 3.64. The normalized spacial score (nSPS) is 21.7. The van der Waals surface area contributed by atoms with Crippen LogP contribution in [0.2, 0.25) is 0 Å². The van der Waals surface area contributed by atoms with Crippen molar-refractivity contribution in [3.05, 3.63) is 76.5 Å². The number of aliphatic hydroxyl groups is 1. The number of ether oxygens (including phenoxy) is 1. The van der Waals surface area contributed by atoms with E-state index in [2.05, 4.69) is 44.7 Å². The number of likely N-dealkylation sites (N-methyl/N-ethyl adjacent to an activating group) is 2. The zero-order chi connectivity index (χ0) is 47.8. The van der Waals surface area contributed by atoms with Crippen LogP contribution in [-0.2, 0) is 54.7 Å². The van der Waals surface area contributed by atoms with Gasteiger partial charge in [0.1, 0.15) is 29.6 Å². The second kappa shape index (κ2) is 19.1. The Morgan fingerprint density at radius 1 is 1.14 bits per heavy atom. The molecule has 4 amide bonds. The number of benzene rings is 2. The predicted molar refractivity (Wildman–Crippen MR) is 246 cm³/mol. The number of nitrogens with zero attached hydrogens (tertiary/aromatic N) is 6. The van der Waals surface area contributed by atoms with Crippen molar-refractivity contribution in [2.45, 2.75) is 110 Å². The van der Waals surface area contributed by atoms with Gasteiger partial charge in [-0.25, -0.2) is 4.84 Å². The highest BCUT2D eigenvalue weighted by molar-refractivity contribution is 5.97. The molecule has 2 saturated heterocycles. The largest absolute Gasteiger partial charge is 0.508 e. The summed E-state index contributed by atoms with van der Waals surface area (Å²) in [5.41, 5.74) is 7.93. The highest BCUT2D eigenvalue weighted by Crippen LogP contribution is 2.41. The summed E-state index contributed by atoms with van der Waals surface area (Å²) in [5.74, 6) is -2.65. The number of aromatic nitrogens is 2. The lowest BCUT2D eigenvalue weighted by Gasteiger charge is -2.42. The van der Waals surface area contributed by atoms with Crippen molar-refractivity contribution in [2.24, 2.45) is 11.3 Å². The number of rotatable bonds is 11. The lowest BCUT2D eigenvalue weighted by atomic mass is 9.84. The maximum absolute atomic E-state index is 14.7. The van der Waals surface area contributed by atoms with Gasteiger partial charge in [0, 0.05) is 81.4 Å². The molecule has 66 heavy (non-hydrogen) atoms. The van der Waals surface area contributed by atoms with E-state index >= 15 is 0 Å². The molecule has 0 radical (unpaired) electrons. The third kappa shape index (κ3) is 9.63. The number of hydrazine groups is 1. The summed E-state index contributed by atoms with van der Waals surface area (Å²) < 4.78 is 7.89. The van der Waals surface area contributed by atoms with Crippen LogP contribution in [0.3, 0.4) is 0 Å². The molecular formula is C48H64N9O9+. The Labute approximate surface area is 385 Å². The number of fused-ring (bicyclic) bond motifs is 6. The van der Waals surface area contributed by atoms with Gasteiger partial charge in [-0.3, -0.25) is 34.5 Å². The third-order valence-electron chi connectivity index (χ3n) is 13.5. The van der Waals surface area contributed by atoms with Crippen LogP contribution in [-0.4, -0.2) is 134 Å². The van der Waals surface area contributed by atoms with Crippen molar-refractivity contribution < 1.29 is 43.9 Å². The van der Waals surface area contributed by atoms with Gasteiger partial charge in [-0.15, -0.1) is 0 Å². The zero-order valence-electron chi connectivity index (χ0n) is 39.4. The van der Waals surface area contributed by atoms with Crippen LogP contribution in [0.4, 0.5) is 0 Å². The van der Waals surface area contributed by atoms with E-state index in [-0.39, 0.29) is 31.9 Å². The SMILES string of the molecule is CCn1c(-c2cnccc2COC)c2c3cc(ccc31)-c1cc(O)cc(c1)C[C@H](NC(=O)C(C)(C(C)C)N(C)C(=O)CN(C)C(=O)[C@@H]1N[C@@H]1O)C(=O)N1CCC[C@H](N1)[N+](=O)OCC(C)(C)C2. The molecule has 18 nitrogen and oxygen atoms in total. The Kier molecular flexibility index (Phi) is 13.9. The number of phenols is 1. The van der Waals surface area contributed by atoms with Crippen LogP contribution >= 0.6 is 0 Å². The monoisotopic (exact) mass is 910 g/mol. The number of phenolic OH excluding ortho intramolecular Hbond substituents is 1. The number of carbonyl (C=O) groups is 4. The molecule has 7 rings (SSSR count). The van der Waals surface area contributed by atoms with Gasteiger partial charge >= 0.3 is 6.17 Å². The standard InChI is InChI=1S/C48H63N9O9/c1-10-55-38-14-13-30-22-34(38)35(42(55)36-24-49-16-15-31(36)26-65-9)23-47(4,5)27-66-57(64)39-12-11-17-56(52-39)44(61)37(20-29-18-32(30)21-33(58)19-29)50-46(63)48(6,28(2)3)54(8)40(59)25-53(7)45(62)41-43(60)51-41/h13-16,18-19,21-22,24,28,37,39,41,43,51-52,60H,10-12,17,20,23,25-27H2,1-9H3,(H-,50,58,63)/p+1/t37-,39+,41+,43+,48?/m0/s1. The van der Waals surface area contributed by atoms with E-state index in [0.717, 1.165) is 38.9 Å². The van der Waals surface area contributed by atoms with E-state index in [9.17, 15) is 34.3 Å². The number of hydrogen-bond donors (Lipinski definition) is 5. The number of amides is 4. The average Bonchev–Trinajstić information content (AvgIpc) is 3.95. The van der Waals surface area contributed by atoms with E-state index in [1.807, 2.05) is 38.2 Å². The van der Waals surface area contributed by atoms with Gasteiger partial charge in [0.2, 0.25) is 22.6 Å². The lowest BCUT2D eigenvalue weighted by Crippen LogP contribution is -2.66. The smallest absolute Gasteiger partial charge is 0.326 e. The van der Waals surface area contributed by atoms with Gasteiger partial charge < -0.3 is 34.6 Å². The van der Waals surface area contributed by atoms with Gasteiger partial charge in [0.25, 0.3) is 5.91 Å². The van der Waals surface area contributed by atoms with Crippen molar-refractivity contribution in [1.29, 1.82) is 0 Å². The zero-order valence-corrected chi connectivity index (χ0v) is 39.4. The van der Waals surface area contributed by atoms with Gasteiger partial charge in [-0.2, -0.15) is 5.43 Å². The highest BCUT2D eigenvalue weighted by Gasteiger charge is 2.47. The molecule has 4 aromatic rings. The molecule has 18 heteroatoms. The van der Waals surface area contributed by atoms with Crippen molar-refractivity contribution in [3.63, 3.8) is 0 Å². The number of aromatic hydroxyl groups is 1. The van der Waals surface area contributed by atoms with Crippen molar-refractivity contribution in [2.75, 3.05) is 40.9 Å². The minimum absolute atomic E-state index is 0.0393. The van der Waals surface area contributed by atoms with E-state index in [1.165, 1.54) is 28.9 Å².